The highest BCUT2D eigenvalue weighted by Gasteiger charge is 2.21. The topological polar surface area (TPSA) is 21.3 Å². The van der Waals surface area contributed by atoms with E-state index >= 15 is 0 Å². The van der Waals surface area contributed by atoms with Gasteiger partial charge in [0.15, 0.2) is 0 Å². The first-order valence-corrected chi connectivity index (χ1v) is 7.58. The van der Waals surface area contributed by atoms with E-state index in [0.29, 0.717) is 6.04 Å². The van der Waals surface area contributed by atoms with Crippen LogP contribution in [0.15, 0.2) is 18.2 Å². The molecule has 17 heavy (non-hydrogen) atoms. The highest BCUT2D eigenvalue weighted by atomic mass is 32.2. The van der Waals surface area contributed by atoms with Gasteiger partial charge in [0, 0.05) is 23.8 Å². The summed E-state index contributed by atoms with van der Waals surface area (Å²) in [6.45, 7) is 6.21. The van der Waals surface area contributed by atoms with Gasteiger partial charge < -0.3 is 10.1 Å². The minimum Gasteiger partial charge on any atom is -0.493 e. The largest absolute Gasteiger partial charge is 0.493 e. The third kappa shape index (κ3) is 2.96. The Kier molecular flexibility index (Phi) is 4.75. The molecular weight excluding hydrogens is 230 g/mol. The molecule has 0 radical (unpaired) electrons. The molecule has 1 N–H and O–H groups in total. The molecule has 1 aliphatic rings. The molecule has 2 nitrogen and oxygen atoms in total. The van der Waals surface area contributed by atoms with Crippen molar-refractivity contribution in [1.82, 2.24) is 5.32 Å². The Morgan fingerprint density at radius 3 is 3.06 bits per heavy atom. The molecule has 2 rings (SSSR count). The van der Waals surface area contributed by atoms with Gasteiger partial charge in [0.05, 0.1) is 6.61 Å². The number of hydrogen-bond donors (Lipinski definition) is 1. The fraction of sp³-hybridized carbons (Fsp3) is 0.571. The van der Waals surface area contributed by atoms with Gasteiger partial charge in [0.25, 0.3) is 0 Å². The predicted molar refractivity (Wildman–Crippen MR) is 75.1 cm³/mol. The number of ether oxygens (including phenoxy) is 1. The Balaban J connectivity index is 2.20. The van der Waals surface area contributed by atoms with Crippen molar-refractivity contribution in [1.29, 1.82) is 0 Å². The second-order valence-electron chi connectivity index (χ2n) is 4.20. The van der Waals surface area contributed by atoms with Crippen LogP contribution < -0.4 is 10.1 Å². The maximum absolute atomic E-state index is 5.79. The summed E-state index contributed by atoms with van der Waals surface area (Å²) >= 11 is 1.98. The molecule has 0 aromatic heterocycles. The summed E-state index contributed by atoms with van der Waals surface area (Å²) in [7, 11) is 0. The van der Waals surface area contributed by atoms with Gasteiger partial charge in [-0.2, -0.15) is 11.8 Å². The molecule has 0 aliphatic carbocycles. The number of rotatable bonds is 6. The molecule has 0 spiro atoms. The summed E-state index contributed by atoms with van der Waals surface area (Å²) in [5, 5.41) is 3.56. The van der Waals surface area contributed by atoms with Crippen molar-refractivity contribution >= 4 is 11.8 Å². The first-order chi connectivity index (χ1) is 8.36. The zero-order valence-electron chi connectivity index (χ0n) is 10.7. The third-order valence-electron chi connectivity index (χ3n) is 3.06. The molecule has 1 aromatic rings. The molecule has 3 heteroatoms. The highest BCUT2D eigenvalue weighted by molar-refractivity contribution is 7.99. The second-order valence-corrected chi connectivity index (χ2v) is 5.52. The fourth-order valence-electron chi connectivity index (χ4n) is 2.26. The van der Waals surface area contributed by atoms with Crippen molar-refractivity contribution in [3.8, 4) is 5.75 Å². The lowest BCUT2D eigenvalue weighted by atomic mass is 10.0. The van der Waals surface area contributed by atoms with Gasteiger partial charge in [-0.05, 0) is 17.9 Å². The smallest absolute Gasteiger partial charge is 0.127 e. The molecule has 0 amide bonds. The first kappa shape index (κ1) is 12.8. The molecule has 1 atom stereocenters. The van der Waals surface area contributed by atoms with Crippen LogP contribution >= 0.6 is 11.8 Å². The van der Waals surface area contributed by atoms with Crippen molar-refractivity contribution in [2.24, 2.45) is 0 Å². The Morgan fingerprint density at radius 2 is 2.29 bits per heavy atom. The summed E-state index contributed by atoms with van der Waals surface area (Å²) in [6, 6.07) is 6.96. The van der Waals surface area contributed by atoms with Crippen LogP contribution in [0.3, 0.4) is 0 Å². The number of hydrogen-bond acceptors (Lipinski definition) is 3. The standard InChI is InChI=1S/C14H21NOS/c1-3-15-13(10-17-4-2)12-7-5-6-11-8-9-16-14(11)12/h5-7,13,15H,3-4,8-10H2,1-2H3. The highest BCUT2D eigenvalue weighted by Crippen LogP contribution is 2.34. The Labute approximate surface area is 108 Å². The van der Waals surface area contributed by atoms with E-state index in [9.17, 15) is 0 Å². The molecular formula is C14H21NOS. The van der Waals surface area contributed by atoms with Crippen LogP contribution in [0, 0.1) is 0 Å². The summed E-state index contributed by atoms with van der Waals surface area (Å²) in [4.78, 5) is 0. The van der Waals surface area contributed by atoms with Gasteiger partial charge in [-0.1, -0.05) is 32.0 Å². The van der Waals surface area contributed by atoms with Crippen LogP contribution in [0.1, 0.15) is 31.0 Å². The summed E-state index contributed by atoms with van der Waals surface area (Å²) < 4.78 is 5.79. The van der Waals surface area contributed by atoms with Gasteiger partial charge >= 0.3 is 0 Å². The summed E-state index contributed by atoms with van der Waals surface area (Å²) in [6.07, 6.45) is 1.06. The van der Waals surface area contributed by atoms with Crippen LogP contribution in [-0.2, 0) is 6.42 Å². The first-order valence-electron chi connectivity index (χ1n) is 6.42. The maximum Gasteiger partial charge on any atom is 0.127 e. The van der Waals surface area contributed by atoms with E-state index in [1.165, 1.54) is 11.1 Å². The molecule has 0 fully saturated rings. The van der Waals surface area contributed by atoms with Gasteiger partial charge in [-0.3, -0.25) is 0 Å². The molecule has 1 aromatic carbocycles. The molecule has 1 heterocycles. The number of fused-ring (bicyclic) bond motifs is 1. The monoisotopic (exact) mass is 251 g/mol. The van der Waals surface area contributed by atoms with Crippen molar-refractivity contribution in [3.63, 3.8) is 0 Å². The van der Waals surface area contributed by atoms with E-state index in [4.69, 9.17) is 4.74 Å². The molecule has 94 valence electrons. The lowest BCUT2D eigenvalue weighted by molar-refractivity contribution is 0.350. The van der Waals surface area contributed by atoms with Crippen molar-refractivity contribution < 1.29 is 4.74 Å². The lowest BCUT2D eigenvalue weighted by Gasteiger charge is -2.20. The number of benzene rings is 1. The Bertz CT molecular complexity index is 367. The van der Waals surface area contributed by atoms with Crippen LogP contribution in [0.25, 0.3) is 0 Å². The molecule has 1 aliphatic heterocycles. The third-order valence-corrected chi connectivity index (χ3v) is 4.04. The van der Waals surface area contributed by atoms with Gasteiger partial charge in [0.1, 0.15) is 5.75 Å². The molecule has 0 saturated carbocycles. The van der Waals surface area contributed by atoms with Gasteiger partial charge in [0.2, 0.25) is 0 Å². The minimum absolute atomic E-state index is 0.415. The quantitative estimate of drug-likeness (QED) is 0.839. The van der Waals surface area contributed by atoms with Gasteiger partial charge in [-0.25, -0.2) is 0 Å². The van der Waals surface area contributed by atoms with E-state index in [1.54, 1.807) is 0 Å². The van der Waals surface area contributed by atoms with Crippen molar-refractivity contribution in [2.45, 2.75) is 26.3 Å². The number of para-hydroxylation sites is 1. The SMILES string of the molecule is CCNC(CSCC)c1cccc2c1OCC2. The average molecular weight is 251 g/mol. The predicted octanol–water partition coefficient (Wildman–Crippen LogP) is 3.03. The van der Waals surface area contributed by atoms with Crippen molar-refractivity contribution in [3.05, 3.63) is 29.3 Å². The van der Waals surface area contributed by atoms with Crippen LogP contribution in [0.2, 0.25) is 0 Å². The summed E-state index contributed by atoms with van der Waals surface area (Å²) in [5.74, 6) is 3.41. The van der Waals surface area contributed by atoms with Crippen molar-refractivity contribution in [2.75, 3.05) is 24.7 Å². The normalized spacial score (nSPS) is 15.4. The Hall–Kier alpha value is -0.670. The average Bonchev–Trinajstić information content (AvgIpc) is 2.82. The summed E-state index contributed by atoms with van der Waals surface area (Å²) in [5.41, 5.74) is 2.70. The van der Waals surface area contributed by atoms with Crippen LogP contribution in [0.4, 0.5) is 0 Å². The maximum atomic E-state index is 5.79. The van der Waals surface area contributed by atoms with E-state index in [1.807, 2.05) is 11.8 Å². The molecule has 1 unspecified atom stereocenters. The van der Waals surface area contributed by atoms with E-state index in [0.717, 1.165) is 36.8 Å². The lowest BCUT2D eigenvalue weighted by Crippen LogP contribution is -2.23. The van der Waals surface area contributed by atoms with E-state index in [-0.39, 0.29) is 0 Å². The number of thioether (sulfide) groups is 1. The zero-order valence-corrected chi connectivity index (χ0v) is 11.5. The van der Waals surface area contributed by atoms with E-state index in [2.05, 4.69) is 37.4 Å². The zero-order chi connectivity index (χ0) is 12.1. The number of nitrogens with one attached hydrogen (secondary N) is 1. The van der Waals surface area contributed by atoms with E-state index < -0.39 is 0 Å². The molecule has 0 saturated heterocycles. The fourth-order valence-corrected chi connectivity index (χ4v) is 3.02. The molecule has 0 bridgehead atoms. The van der Waals surface area contributed by atoms with Gasteiger partial charge in [-0.15, -0.1) is 0 Å². The van der Waals surface area contributed by atoms with Crippen LogP contribution in [0.5, 0.6) is 5.75 Å². The minimum atomic E-state index is 0.415. The van der Waals surface area contributed by atoms with Crippen LogP contribution in [-0.4, -0.2) is 24.7 Å². The second kappa shape index (κ2) is 6.31. The Morgan fingerprint density at radius 1 is 1.41 bits per heavy atom.